The molecular weight excluding hydrogens is 262 g/mol. The largest absolute Gasteiger partial charge is 0.497 e. The molecule has 0 aliphatic carbocycles. The Hall–Kier alpha value is -2.08. The third-order valence-electron chi connectivity index (χ3n) is 2.87. The number of aliphatic hydroxyl groups excluding tert-OH is 1. The molecule has 0 aromatic heterocycles. The van der Waals surface area contributed by atoms with Crippen LogP contribution in [0.15, 0.2) is 24.3 Å². The van der Waals surface area contributed by atoms with Crippen LogP contribution in [0.4, 0.5) is 0 Å². The number of nitrogens with one attached hydrogen (secondary N) is 1. The number of carbonyl (C=O) groups excluding carboxylic acids is 2. The standard InChI is InChI=1S/C14H19NO5/c1-4-11(16)15-12(14(18)20-3)13(17)9-5-7-10(19-2)8-6-9/h5-8,12-13,17H,4H2,1-3H3,(H,15,16). The molecular formula is C14H19NO5. The molecule has 0 fully saturated rings. The lowest BCUT2D eigenvalue weighted by molar-refractivity contribution is -0.148. The Balaban J connectivity index is 2.93. The van der Waals surface area contributed by atoms with E-state index < -0.39 is 18.1 Å². The van der Waals surface area contributed by atoms with Gasteiger partial charge in [0.05, 0.1) is 14.2 Å². The van der Waals surface area contributed by atoms with E-state index in [2.05, 4.69) is 10.1 Å². The molecule has 0 aliphatic rings. The number of hydrogen-bond acceptors (Lipinski definition) is 5. The van der Waals surface area contributed by atoms with Gasteiger partial charge < -0.3 is 19.9 Å². The Morgan fingerprint density at radius 2 is 1.85 bits per heavy atom. The van der Waals surface area contributed by atoms with E-state index in [9.17, 15) is 14.7 Å². The number of hydrogen-bond donors (Lipinski definition) is 2. The molecule has 0 heterocycles. The van der Waals surface area contributed by atoms with Crippen LogP contribution < -0.4 is 10.1 Å². The minimum atomic E-state index is -1.19. The van der Waals surface area contributed by atoms with Crippen LogP contribution in [0.3, 0.4) is 0 Å². The lowest BCUT2D eigenvalue weighted by Gasteiger charge is -2.22. The molecule has 2 atom stereocenters. The SMILES string of the molecule is CCC(=O)NC(C(=O)OC)C(O)c1ccc(OC)cc1. The highest BCUT2D eigenvalue weighted by Gasteiger charge is 2.30. The normalized spacial score (nSPS) is 13.2. The van der Waals surface area contributed by atoms with E-state index in [4.69, 9.17) is 4.74 Å². The first-order valence-corrected chi connectivity index (χ1v) is 6.22. The predicted octanol–water partition coefficient (Wildman–Crippen LogP) is 0.796. The van der Waals surface area contributed by atoms with Crippen molar-refractivity contribution in [3.63, 3.8) is 0 Å². The highest BCUT2D eigenvalue weighted by atomic mass is 16.5. The van der Waals surface area contributed by atoms with Crippen LogP contribution >= 0.6 is 0 Å². The Labute approximate surface area is 117 Å². The smallest absolute Gasteiger partial charge is 0.331 e. The van der Waals surface area contributed by atoms with Crippen molar-refractivity contribution in [2.45, 2.75) is 25.5 Å². The van der Waals surface area contributed by atoms with Crippen molar-refractivity contribution in [1.29, 1.82) is 0 Å². The first-order valence-electron chi connectivity index (χ1n) is 6.22. The fraction of sp³-hybridized carbons (Fsp3) is 0.429. The quantitative estimate of drug-likeness (QED) is 0.753. The number of methoxy groups -OCH3 is 2. The number of ether oxygens (including phenoxy) is 2. The molecule has 0 bridgehead atoms. The minimum Gasteiger partial charge on any atom is -0.497 e. The average molecular weight is 281 g/mol. The molecule has 2 N–H and O–H groups in total. The van der Waals surface area contributed by atoms with Gasteiger partial charge in [0.2, 0.25) is 5.91 Å². The Morgan fingerprint density at radius 1 is 1.25 bits per heavy atom. The van der Waals surface area contributed by atoms with Crippen molar-refractivity contribution in [3.8, 4) is 5.75 Å². The van der Waals surface area contributed by atoms with Gasteiger partial charge in [-0.1, -0.05) is 19.1 Å². The third-order valence-corrected chi connectivity index (χ3v) is 2.87. The number of aliphatic hydroxyl groups is 1. The second kappa shape index (κ2) is 7.49. The molecule has 0 aliphatic heterocycles. The number of benzene rings is 1. The average Bonchev–Trinajstić information content (AvgIpc) is 2.50. The van der Waals surface area contributed by atoms with Crippen LogP contribution in [0.2, 0.25) is 0 Å². The van der Waals surface area contributed by atoms with Crippen molar-refractivity contribution >= 4 is 11.9 Å². The highest BCUT2D eigenvalue weighted by molar-refractivity contribution is 5.84. The number of carbonyl (C=O) groups is 2. The summed E-state index contributed by atoms with van der Waals surface area (Å²) in [6.07, 6.45) is -0.980. The van der Waals surface area contributed by atoms with Crippen molar-refractivity contribution in [1.82, 2.24) is 5.32 Å². The summed E-state index contributed by atoms with van der Waals surface area (Å²) in [5.41, 5.74) is 0.484. The number of esters is 1. The number of rotatable bonds is 6. The molecule has 6 heteroatoms. The molecule has 110 valence electrons. The Kier molecular flexibility index (Phi) is 5.99. The van der Waals surface area contributed by atoms with Gasteiger partial charge in [0.15, 0.2) is 6.04 Å². The molecule has 1 amide bonds. The molecule has 0 saturated heterocycles. The van der Waals surface area contributed by atoms with Crippen molar-refractivity contribution in [3.05, 3.63) is 29.8 Å². The zero-order valence-corrected chi connectivity index (χ0v) is 11.8. The van der Waals surface area contributed by atoms with E-state index in [1.165, 1.54) is 14.2 Å². The van der Waals surface area contributed by atoms with E-state index in [1.807, 2.05) is 0 Å². The molecule has 0 spiro atoms. The van der Waals surface area contributed by atoms with Crippen molar-refractivity contribution < 1.29 is 24.2 Å². The zero-order chi connectivity index (χ0) is 15.1. The van der Waals surface area contributed by atoms with E-state index in [-0.39, 0.29) is 12.3 Å². The maximum Gasteiger partial charge on any atom is 0.331 e. The van der Waals surface area contributed by atoms with Gasteiger partial charge in [0.25, 0.3) is 0 Å². The van der Waals surface area contributed by atoms with Crippen LogP contribution in [0, 0.1) is 0 Å². The van der Waals surface area contributed by atoms with Gasteiger partial charge in [-0.3, -0.25) is 4.79 Å². The third kappa shape index (κ3) is 3.96. The molecule has 0 saturated carbocycles. The summed E-state index contributed by atoms with van der Waals surface area (Å²) in [7, 11) is 2.73. The van der Waals surface area contributed by atoms with Gasteiger partial charge in [-0.05, 0) is 17.7 Å². The van der Waals surface area contributed by atoms with Gasteiger partial charge in [-0.2, -0.15) is 0 Å². The molecule has 1 rings (SSSR count). The zero-order valence-electron chi connectivity index (χ0n) is 11.8. The molecule has 1 aromatic carbocycles. The van der Waals surface area contributed by atoms with E-state index in [1.54, 1.807) is 31.2 Å². The highest BCUT2D eigenvalue weighted by Crippen LogP contribution is 2.21. The van der Waals surface area contributed by atoms with Gasteiger partial charge in [-0.25, -0.2) is 4.79 Å². The van der Waals surface area contributed by atoms with E-state index >= 15 is 0 Å². The van der Waals surface area contributed by atoms with Crippen LogP contribution in [0.25, 0.3) is 0 Å². The topological polar surface area (TPSA) is 84.9 Å². The van der Waals surface area contributed by atoms with Crippen molar-refractivity contribution in [2.75, 3.05) is 14.2 Å². The minimum absolute atomic E-state index is 0.211. The Morgan fingerprint density at radius 3 is 2.30 bits per heavy atom. The molecule has 1 aromatic rings. The van der Waals surface area contributed by atoms with Crippen LogP contribution in [0.1, 0.15) is 25.0 Å². The molecule has 0 radical (unpaired) electrons. The van der Waals surface area contributed by atoms with Gasteiger partial charge in [0.1, 0.15) is 11.9 Å². The summed E-state index contributed by atoms with van der Waals surface area (Å²) in [6, 6.07) is 5.43. The number of amides is 1. The summed E-state index contributed by atoms with van der Waals surface area (Å²) >= 11 is 0. The fourth-order valence-corrected chi connectivity index (χ4v) is 1.66. The first-order chi connectivity index (χ1) is 9.53. The van der Waals surface area contributed by atoms with E-state index in [0.29, 0.717) is 11.3 Å². The maximum absolute atomic E-state index is 11.7. The summed E-state index contributed by atoms with van der Waals surface area (Å²) < 4.78 is 9.62. The molecule has 6 nitrogen and oxygen atoms in total. The summed E-state index contributed by atoms with van der Waals surface area (Å²) in [6.45, 7) is 1.66. The van der Waals surface area contributed by atoms with Crippen LogP contribution in [-0.2, 0) is 14.3 Å². The summed E-state index contributed by atoms with van der Waals surface area (Å²) in [5.74, 6) is -0.406. The summed E-state index contributed by atoms with van der Waals surface area (Å²) in [4.78, 5) is 23.1. The lowest BCUT2D eigenvalue weighted by Crippen LogP contribution is -2.45. The van der Waals surface area contributed by atoms with Crippen LogP contribution in [-0.4, -0.2) is 37.2 Å². The Bertz CT molecular complexity index is 457. The van der Waals surface area contributed by atoms with Gasteiger partial charge in [-0.15, -0.1) is 0 Å². The molecule has 2 unspecified atom stereocenters. The first kappa shape index (κ1) is 16.0. The monoisotopic (exact) mass is 281 g/mol. The molecule has 20 heavy (non-hydrogen) atoms. The van der Waals surface area contributed by atoms with Gasteiger partial charge >= 0.3 is 5.97 Å². The maximum atomic E-state index is 11.7. The van der Waals surface area contributed by atoms with E-state index in [0.717, 1.165) is 0 Å². The second-order valence-corrected chi connectivity index (χ2v) is 4.14. The predicted molar refractivity (Wildman–Crippen MR) is 72.2 cm³/mol. The van der Waals surface area contributed by atoms with Crippen molar-refractivity contribution in [2.24, 2.45) is 0 Å². The fourth-order valence-electron chi connectivity index (χ4n) is 1.66. The second-order valence-electron chi connectivity index (χ2n) is 4.14. The lowest BCUT2D eigenvalue weighted by atomic mass is 10.0. The van der Waals surface area contributed by atoms with Gasteiger partial charge in [0, 0.05) is 6.42 Å². The summed E-state index contributed by atoms with van der Waals surface area (Å²) in [5, 5.41) is 12.7. The van der Waals surface area contributed by atoms with Crippen LogP contribution in [0.5, 0.6) is 5.75 Å².